The molecule has 200 valence electrons. The Hall–Kier alpha value is -2.45. The van der Waals surface area contributed by atoms with Crippen LogP contribution in [0.2, 0.25) is 0 Å². The number of hydrogen-bond acceptors (Lipinski definition) is 3. The number of thioether (sulfide) groups is 1. The maximum atomic E-state index is 13.1. The molecular formula is C29H35F3N2O2S. The van der Waals surface area contributed by atoms with Gasteiger partial charge in [-0.2, -0.15) is 13.2 Å². The van der Waals surface area contributed by atoms with E-state index in [0.717, 1.165) is 45.8 Å². The predicted molar refractivity (Wildman–Crippen MR) is 143 cm³/mol. The summed E-state index contributed by atoms with van der Waals surface area (Å²) in [6.45, 7) is 4.69. The highest BCUT2D eigenvalue weighted by Gasteiger charge is 2.41. The van der Waals surface area contributed by atoms with E-state index >= 15 is 0 Å². The highest BCUT2D eigenvalue weighted by Crippen LogP contribution is 2.40. The number of nitrogens with one attached hydrogen (secondary N) is 1. The first-order chi connectivity index (χ1) is 17.7. The number of fused-ring (bicyclic) bond motifs is 1. The molecule has 0 saturated heterocycles. The fourth-order valence-corrected chi connectivity index (χ4v) is 6.10. The largest absolute Gasteiger partial charge is 0.394 e. The standard InChI is InChI=1S/C29H35F3N2O2S/c1-3-34-24(15-19-5-10-23(11-6-19)29(30,31)32)17-22-16-21(9-14-27(22)34)28(36)33-26(18-35)20-7-12-25(13-8-20)37-4-2/h7-9,12-14,16-17,19,23,26,35H,3-6,10-11,15,18H2,1-2H3,(H,33,36). The van der Waals surface area contributed by atoms with E-state index in [0.29, 0.717) is 18.4 Å². The van der Waals surface area contributed by atoms with Gasteiger partial charge in [0.15, 0.2) is 0 Å². The van der Waals surface area contributed by atoms with Gasteiger partial charge >= 0.3 is 6.18 Å². The highest BCUT2D eigenvalue weighted by molar-refractivity contribution is 7.99. The predicted octanol–water partition coefficient (Wildman–Crippen LogP) is 7.15. The summed E-state index contributed by atoms with van der Waals surface area (Å²) in [4.78, 5) is 14.2. The van der Waals surface area contributed by atoms with Crippen molar-refractivity contribution < 1.29 is 23.1 Å². The molecule has 1 heterocycles. The third-order valence-corrected chi connectivity index (χ3v) is 8.35. The van der Waals surface area contributed by atoms with Crippen molar-refractivity contribution >= 4 is 28.6 Å². The lowest BCUT2D eigenvalue weighted by molar-refractivity contribution is -0.183. The molecule has 1 fully saturated rings. The Kier molecular flexibility index (Phi) is 8.90. The SMILES string of the molecule is CCSc1ccc(C(CO)NC(=O)c2ccc3c(c2)cc(CC2CCC(C(F)(F)F)CC2)n3CC)cc1. The molecule has 3 aromatic rings. The van der Waals surface area contributed by atoms with Gasteiger partial charge in [-0.3, -0.25) is 4.79 Å². The second-order valence-electron chi connectivity index (χ2n) is 9.83. The molecule has 1 saturated carbocycles. The lowest BCUT2D eigenvalue weighted by Crippen LogP contribution is -2.30. The van der Waals surface area contributed by atoms with Crippen LogP contribution >= 0.6 is 11.8 Å². The van der Waals surface area contributed by atoms with E-state index in [1.165, 1.54) is 0 Å². The molecule has 0 spiro atoms. The van der Waals surface area contributed by atoms with Crippen LogP contribution < -0.4 is 5.32 Å². The number of carbonyl (C=O) groups excluding carboxylic acids is 1. The fourth-order valence-electron chi connectivity index (χ4n) is 5.44. The molecule has 4 rings (SSSR count). The minimum absolute atomic E-state index is 0.205. The van der Waals surface area contributed by atoms with E-state index in [1.54, 1.807) is 17.8 Å². The van der Waals surface area contributed by atoms with Crippen LogP contribution in [0.4, 0.5) is 13.2 Å². The molecule has 37 heavy (non-hydrogen) atoms. The number of aromatic nitrogens is 1. The smallest absolute Gasteiger partial charge is 0.391 e. The molecule has 1 unspecified atom stereocenters. The van der Waals surface area contributed by atoms with Gasteiger partial charge in [0.05, 0.1) is 18.6 Å². The Morgan fingerprint density at radius 2 is 1.78 bits per heavy atom. The number of hydrogen-bond donors (Lipinski definition) is 2. The van der Waals surface area contributed by atoms with Gasteiger partial charge < -0.3 is 15.0 Å². The number of rotatable bonds is 9. The number of alkyl halides is 3. The van der Waals surface area contributed by atoms with Crippen molar-refractivity contribution in [3.8, 4) is 0 Å². The van der Waals surface area contributed by atoms with Crippen LogP contribution in [-0.4, -0.2) is 34.1 Å². The Morgan fingerprint density at radius 3 is 2.38 bits per heavy atom. The van der Waals surface area contributed by atoms with Gasteiger partial charge in [-0.25, -0.2) is 0 Å². The minimum atomic E-state index is -4.09. The highest BCUT2D eigenvalue weighted by atomic mass is 32.2. The van der Waals surface area contributed by atoms with Crippen molar-refractivity contribution in [3.63, 3.8) is 0 Å². The van der Waals surface area contributed by atoms with Crippen LogP contribution in [0.1, 0.15) is 67.2 Å². The summed E-state index contributed by atoms with van der Waals surface area (Å²) < 4.78 is 41.3. The first-order valence-electron chi connectivity index (χ1n) is 13.1. The van der Waals surface area contributed by atoms with E-state index in [-0.39, 0.29) is 31.3 Å². The zero-order valence-electron chi connectivity index (χ0n) is 21.4. The zero-order chi connectivity index (χ0) is 26.6. The second kappa shape index (κ2) is 11.9. The van der Waals surface area contributed by atoms with Crippen molar-refractivity contribution in [1.82, 2.24) is 9.88 Å². The minimum Gasteiger partial charge on any atom is -0.394 e. The van der Waals surface area contributed by atoms with Gasteiger partial charge in [-0.05, 0) is 92.7 Å². The molecular weight excluding hydrogens is 497 g/mol. The van der Waals surface area contributed by atoms with Crippen LogP contribution in [0.3, 0.4) is 0 Å². The molecule has 4 nitrogen and oxygen atoms in total. The number of nitrogens with zero attached hydrogens (tertiary/aromatic N) is 1. The van der Waals surface area contributed by atoms with Crippen molar-refractivity contribution in [2.45, 2.75) is 69.6 Å². The van der Waals surface area contributed by atoms with E-state index in [2.05, 4.69) is 29.8 Å². The maximum Gasteiger partial charge on any atom is 0.391 e. The average molecular weight is 533 g/mol. The molecule has 1 aliphatic rings. The van der Waals surface area contributed by atoms with Gasteiger partial charge in [0, 0.05) is 33.6 Å². The summed E-state index contributed by atoms with van der Waals surface area (Å²) in [5.74, 6) is -0.215. The number of aryl methyl sites for hydroxylation is 1. The number of halogens is 3. The molecule has 8 heteroatoms. The normalized spacial score (nSPS) is 19.2. The first kappa shape index (κ1) is 27.6. The molecule has 2 aromatic carbocycles. The summed E-state index contributed by atoms with van der Waals surface area (Å²) in [7, 11) is 0. The Morgan fingerprint density at radius 1 is 1.08 bits per heavy atom. The molecule has 1 aromatic heterocycles. The number of benzene rings is 2. The van der Waals surface area contributed by atoms with Crippen molar-refractivity contribution in [1.29, 1.82) is 0 Å². The van der Waals surface area contributed by atoms with Crippen LogP contribution in [0, 0.1) is 11.8 Å². The first-order valence-corrected chi connectivity index (χ1v) is 14.0. The molecule has 0 aliphatic heterocycles. The van der Waals surface area contributed by atoms with Gasteiger partial charge in [0.2, 0.25) is 0 Å². The van der Waals surface area contributed by atoms with E-state index < -0.39 is 18.1 Å². The average Bonchev–Trinajstić information content (AvgIpc) is 3.23. The summed E-state index contributed by atoms with van der Waals surface area (Å²) in [6, 6.07) is 15.0. The third-order valence-electron chi connectivity index (χ3n) is 7.45. The van der Waals surface area contributed by atoms with Gasteiger partial charge in [-0.1, -0.05) is 19.1 Å². The maximum absolute atomic E-state index is 13.1. The van der Waals surface area contributed by atoms with E-state index in [1.807, 2.05) is 36.4 Å². The van der Waals surface area contributed by atoms with E-state index in [4.69, 9.17) is 0 Å². The number of carbonyl (C=O) groups is 1. The van der Waals surface area contributed by atoms with Crippen LogP contribution in [0.5, 0.6) is 0 Å². The van der Waals surface area contributed by atoms with Crippen LogP contribution in [0.25, 0.3) is 10.9 Å². The topological polar surface area (TPSA) is 54.3 Å². The molecule has 1 aliphatic carbocycles. The lowest BCUT2D eigenvalue weighted by Gasteiger charge is -2.30. The van der Waals surface area contributed by atoms with Crippen LogP contribution in [0.15, 0.2) is 53.4 Å². The summed E-state index contributed by atoms with van der Waals surface area (Å²) in [5, 5.41) is 13.8. The molecule has 0 radical (unpaired) electrons. The van der Waals surface area contributed by atoms with Gasteiger partial charge in [-0.15, -0.1) is 11.8 Å². The lowest BCUT2D eigenvalue weighted by atomic mass is 9.79. The van der Waals surface area contributed by atoms with Crippen LogP contribution in [-0.2, 0) is 13.0 Å². The van der Waals surface area contributed by atoms with Crippen molar-refractivity contribution in [3.05, 3.63) is 65.4 Å². The van der Waals surface area contributed by atoms with Crippen molar-refractivity contribution in [2.75, 3.05) is 12.4 Å². The van der Waals surface area contributed by atoms with Crippen molar-refractivity contribution in [2.24, 2.45) is 11.8 Å². The summed E-state index contributed by atoms with van der Waals surface area (Å²) >= 11 is 1.73. The van der Waals surface area contributed by atoms with E-state index in [9.17, 15) is 23.1 Å². The Labute approximate surface area is 220 Å². The molecule has 2 N–H and O–H groups in total. The molecule has 1 atom stereocenters. The number of aliphatic hydroxyl groups excluding tert-OH is 1. The summed E-state index contributed by atoms with van der Waals surface area (Å²) in [6.07, 6.45) is -1.76. The summed E-state index contributed by atoms with van der Waals surface area (Å²) in [5.41, 5.74) is 3.47. The quantitative estimate of drug-likeness (QED) is 0.288. The molecule has 0 bridgehead atoms. The Bertz CT molecular complexity index is 1200. The Balaban J connectivity index is 1.47. The monoisotopic (exact) mass is 532 g/mol. The fraction of sp³-hybridized carbons (Fsp3) is 0.483. The van der Waals surface area contributed by atoms with Gasteiger partial charge in [0.25, 0.3) is 5.91 Å². The second-order valence-corrected chi connectivity index (χ2v) is 11.2. The zero-order valence-corrected chi connectivity index (χ0v) is 22.2. The third kappa shape index (κ3) is 6.52. The van der Waals surface area contributed by atoms with Gasteiger partial charge in [0.1, 0.15) is 0 Å². The molecule has 1 amide bonds. The number of amides is 1. The number of aliphatic hydroxyl groups is 1.